The van der Waals surface area contributed by atoms with E-state index in [0.29, 0.717) is 0 Å². The fraction of sp³-hybridized carbons (Fsp3) is 0.667. The Kier molecular flexibility index (Phi) is 3.99. The van der Waals surface area contributed by atoms with E-state index in [9.17, 15) is 0 Å². The van der Waals surface area contributed by atoms with Crippen LogP contribution in [-0.2, 0) is 12.8 Å². The lowest BCUT2D eigenvalue weighted by molar-refractivity contribution is 0.302. The van der Waals surface area contributed by atoms with Crippen molar-refractivity contribution >= 4 is 5.82 Å². The van der Waals surface area contributed by atoms with E-state index >= 15 is 0 Å². The third kappa shape index (κ3) is 2.90. The van der Waals surface area contributed by atoms with Crippen molar-refractivity contribution in [1.82, 2.24) is 9.88 Å². The number of aromatic nitrogens is 1. The first kappa shape index (κ1) is 12.9. The van der Waals surface area contributed by atoms with Crippen molar-refractivity contribution < 1.29 is 0 Å². The van der Waals surface area contributed by atoms with Gasteiger partial charge in [-0.2, -0.15) is 0 Å². The second-order valence-electron chi connectivity index (χ2n) is 5.60. The summed E-state index contributed by atoms with van der Waals surface area (Å²) in [6.45, 7) is 6.25. The number of rotatable bonds is 3. The number of nitrogens with zero attached hydrogens (tertiary/aromatic N) is 3. The Morgan fingerprint density at radius 1 is 1.05 bits per heavy atom. The molecule has 1 saturated heterocycles. The summed E-state index contributed by atoms with van der Waals surface area (Å²) < 4.78 is 0. The van der Waals surface area contributed by atoms with E-state index in [1.165, 1.54) is 42.9 Å². The highest BCUT2D eigenvalue weighted by molar-refractivity contribution is 5.43. The molecule has 2 heterocycles. The Labute approximate surface area is 115 Å². The summed E-state index contributed by atoms with van der Waals surface area (Å²) in [6, 6.07) is 4.50. The van der Waals surface area contributed by atoms with Crippen molar-refractivity contribution in [2.24, 2.45) is 5.73 Å². The fourth-order valence-electron chi connectivity index (χ4n) is 3.19. The number of anilines is 1. The minimum Gasteiger partial charge on any atom is -0.355 e. The Balaban J connectivity index is 1.68. The zero-order valence-electron chi connectivity index (χ0n) is 11.6. The Hall–Kier alpha value is -1.13. The van der Waals surface area contributed by atoms with E-state index in [1.807, 2.05) is 0 Å². The number of aryl methyl sites for hydroxylation is 2. The number of hydrogen-bond acceptors (Lipinski definition) is 4. The van der Waals surface area contributed by atoms with Crippen LogP contribution < -0.4 is 10.6 Å². The molecule has 1 aliphatic carbocycles. The molecule has 19 heavy (non-hydrogen) atoms. The second kappa shape index (κ2) is 5.88. The molecule has 1 aromatic heterocycles. The third-order valence-corrected chi connectivity index (χ3v) is 4.27. The van der Waals surface area contributed by atoms with Gasteiger partial charge in [-0.3, -0.25) is 0 Å². The molecule has 104 valence electrons. The minimum absolute atomic E-state index is 0.761. The molecule has 1 fully saturated rings. The zero-order valence-corrected chi connectivity index (χ0v) is 11.6. The number of pyridine rings is 1. The molecule has 0 atom stereocenters. The maximum Gasteiger partial charge on any atom is 0.128 e. The van der Waals surface area contributed by atoms with Crippen LogP contribution in [0.25, 0.3) is 0 Å². The van der Waals surface area contributed by atoms with Crippen LogP contribution in [0.4, 0.5) is 5.82 Å². The van der Waals surface area contributed by atoms with Crippen LogP contribution >= 0.6 is 0 Å². The number of fused-ring (bicyclic) bond motifs is 1. The predicted molar refractivity (Wildman–Crippen MR) is 78.6 cm³/mol. The molecule has 0 amide bonds. The molecule has 2 aliphatic rings. The summed E-state index contributed by atoms with van der Waals surface area (Å²) >= 11 is 0. The second-order valence-corrected chi connectivity index (χ2v) is 5.60. The minimum atomic E-state index is 0.761. The number of hydrogen-bond donors (Lipinski definition) is 1. The molecule has 0 unspecified atom stereocenters. The van der Waals surface area contributed by atoms with E-state index in [4.69, 9.17) is 10.7 Å². The first-order valence-corrected chi connectivity index (χ1v) is 7.53. The molecule has 1 aliphatic heterocycles. The number of nitrogens with two attached hydrogens (primary N) is 1. The highest BCUT2D eigenvalue weighted by atomic mass is 15.2. The van der Waals surface area contributed by atoms with Gasteiger partial charge in [0.1, 0.15) is 5.82 Å². The van der Waals surface area contributed by atoms with Gasteiger partial charge in [-0.25, -0.2) is 4.98 Å². The van der Waals surface area contributed by atoms with Crippen LogP contribution in [0.5, 0.6) is 0 Å². The van der Waals surface area contributed by atoms with Crippen molar-refractivity contribution in [3.8, 4) is 0 Å². The van der Waals surface area contributed by atoms with Crippen molar-refractivity contribution in [1.29, 1.82) is 0 Å². The molecule has 0 radical (unpaired) electrons. The summed E-state index contributed by atoms with van der Waals surface area (Å²) in [5.41, 5.74) is 8.45. The van der Waals surface area contributed by atoms with Crippen LogP contribution in [0.1, 0.15) is 24.1 Å². The van der Waals surface area contributed by atoms with Gasteiger partial charge in [0.2, 0.25) is 0 Å². The smallest absolute Gasteiger partial charge is 0.128 e. The molecule has 0 saturated carbocycles. The van der Waals surface area contributed by atoms with Crippen molar-refractivity contribution in [2.45, 2.75) is 25.7 Å². The molecule has 2 N–H and O–H groups in total. The summed E-state index contributed by atoms with van der Waals surface area (Å²) in [4.78, 5) is 9.78. The summed E-state index contributed by atoms with van der Waals surface area (Å²) in [7, 11) is 0. The first-order valence-electron chi connectivity index (χ1n) is 7.53. The molecule has 4 nitrogen and oxygen atoms in total. The molecule has 0 bridgehead atoms. The van der Waals surface area contributed by atoms with Gasteiger partial charge < -0.3 is 15.5 Å². The highest BCUT2D eigenvalue weighted by Gasteiger charge is 2.18. The molecule has 1 aromatic rings. The maximum absolute atomic E-state index is 5.65. The van der Waals surface area contributed by atoms with E-state index in [2.05, 4.69) is 21.9 Å². The molecule has 3 rings (SSSR count). The van der Waals surface area contributed by atoms with Crippen LogP contribution in [0.3, 0.4) is 0 Å². The topological polar surface area (TPSA) is 45.4 Å². The average Bonchev–Trinajstić information content (AvgIpc) is 2.77. The average molecular weight is 260 g/mol. The third-order valence-electron chi connectivity index (χ3n) is 4.27. The maximum atomic E-state index is 5.65. The molecular formula is C15H24N4. The van der Waals surface area contributed by atoms with Gasteiger partial charge in [0, 0.05) is 38.4 Å². The monoisotopic (exact) mass is 260 g/mol. The van der Waals surface area contributed by atoms with E-state index in [1.54, 1.807) is 0 Å². The SMILES string of the molecule is NCCN1CCCN(c2ccc3c(n2)CCC3)CC1. The molecular weight excluding hydrogens is 236 g/mol. The van der Waals surface area contributed by atoms with E-state index in [0.717, 1.165) is 39.1 Å². The van der Waals surface area contributed by atoms with Gasteiger partial charge in [0.05, 0.1) is 0 Å². The first-order chi connectivity index (χ1) is 9.36. The Bertz CT molecular complexity index is 432. The summed E-state index contributed by atoms with van der Waals surface area (Å²) in [5, 5.41) is 0. The standard InChI is InChI=1S/C15H24N4/c16-7-10-18-8-2-9-19(12-11-18)15-6-5-13-3-1-4-14(13)17-15/h5-6H,1-4,7-12,16H2. The van der Waals surface area contributed by atoms with Gasteiger partial charge in [0.25, 0.3) is 0 Å². The van der Waals surface area contributed by atoms with Crippen molar-refractivity contribution in [3.05, 3.63) is 23.4 Å². The lowest BCUT2D eigenvalue weighted by Gasteiger charge is -2.23. The van der Waals surface area contributed by atoms with Crippen LogP contribution in [-0.4, -0.2) is 49.2 Å². The van der Waals surface area contributed by atoms with Crippen molar-refractivity contribution in [2.75, 3.05) is 44.2 Å². The van der Waals surface area contributed by atoms with Gasteiger partial charge in [-0.1, -0.05) is 6.07 Å². The fourth-order valence-corrected chi connectivity index (χ4v) is 3.19. The molecule has 0 spiro atoms. The highest BCUT2D eigenvalue weighted by Crippen LogP contribution is 2.23. The molecule has 0 aromatic carbocycles. The predicted octanol–water partition coefficient (Wildman–Crippen LogP) is 1.04. The summed E-state index contributed by atoms with van der Waals surface area (Å²) in [6.07, 6.45) is 4.86. The quantitative estimate of drug-likeness (QED) is 0.882. The van der Waals surface area contributed by atoms with Gasteiger partial charge in [-0.05, 0) is 43.9 Å². The normalized spacial score (nSPS) is 20.4. The Morgan fingerprint density at radius 3 is 2.89 bits per heavy atom. The molecule has 4 heteroatoms. The largest absolute Gasteiger partial charge is 0.355 e. The summed E-state index contributed by atoms with van der Waals surface area (Å²) in [5.74, 6) is 1.18. The van der Waals surface area contributed by atoms with Crippen LogP contribution in [0.2, 0.25) is 0 Å². The zero-order chi connectivity index (χ0) is 13.1. The lowest BCUT2D eigenvalue weighted by Crippen LogP contribution is -2.34. The van der Waals surface area contributed by atoms with Crippen molar-refractivity contribution in [3.63, 3.8) is 0 Å². The van der Waals surface area contributed by atoms with E-state index in [-0.39, 0.29) is 0 Å². The van der Waals surface area contributed by atoms with Crippen LogP contribution in [0, 0.1) is 0 Å². The lowest BCUT2D eigenvalue weighted by atomic mass is 10.2. The van der Waals surface area contributed by atoms with Gasteiger partial charge >= 0.3 is 0 Å². The van der Waals surface area contributed by atoms with E-state index < -0.39 is 0 Å². The Morgan fingerprint density at radius 2 is 2.00 bits per heavy atom. The van der Waals surface area contributed by atoms with Crippen LogP contribution in [0.15, 0.2) is 12.1 Å². The van der Waals surface area contributed by atoms with Gasteiger partial charge in [0.15, 0.2) is 0 Å². The van der Waals surface area contributed by atoms with Gasteiger partial charge in [-0.15, -0.1) is 0 Å².